The quantitative estimate of drug-likeness (QED) is 0.840. The van der Waals surface area contributed by atoms with Gasteiger partial charge in [0.1, 0.15) is 0 Å². The van der Waals surface area contributed by atoms with E-state index in [1.54, 1.807) is 14.2 Å². The van der Waals surface area contributed by atoms with Crippen molar-refractivity contribution in [1.82, 2.24) is 4.90 Å². The van der Waals surface area contributed by atoms with Gasteiger partial charge in [-0.3, -0.25) is 4.79 Å². The summed E-state index contributed by atoms with van der Waals surface area (Å²) in [6.07, 6.45) is 0.810. The third-order valence-corrected chi connectivity index (χ3v) is 4.27. The molecule has 0 saturated heterocycles. The van der Waals surface area contributed by atoms with E-state index in [-0.39, 0.29) is 16.9 Å². The second-order valence-corrected chi connectivity index (χ2v) is 7.61. The zero-order chi connectivity index (χ0) is 16.7. The van der Waals surface area contributed by atoms with Crippen molar-refractivity contribution in [1.29, 1.82) is 0 Å². The van der Waals surface area contributed by atoms with Gasteiger partial charge in [0.25, 0.3) is 0 Å². The summed E-state index contributed by atoms with van der Waals surface area (Å²) in [6.45, 7) is 10.8. The number of amides is 1. The molecule has 4 heteroatoms. The van der Waals surface area contributed by atoms with Crippen molar-refractivity contribution in [2.24, 2.45) is 5.41 Å². The Morgan fingerprint density at radius 3 is 2.05 bits per heavy atom. The monoisotopic (exact) mass is 305 g/mol. The van der Waals surface area contributed by atoms with Gasteiger partial charge in [-0.15, -0.1) is 0 Å². The van der Waals surface area contributed by atoms with Crippen LogP contribution in [-0.4, -0.2) is 30.6 Å². The minimum atomic E-state index is -0.384. The van der Waals surface area contributed by atoms with Crippen LogP contribution >= 0.6 is 0 Å². The molecular formula is C18H27NO3. The third kappa shape index (κ3) is 2.92. The lowest BCUT2D eigenvalue weighted by Crippen LogP contribution is -2.54. The summed E-state index contributed by atoms with van der Waals surface area (Å²) < 4.78 is 10.8. The normalized spacial score (nSPS) is 17.0. The Morgan fingerprint density at radius 1 is 1.09 bits per heavy atom. The van der Waals surface area contributed by atoms with Gasteiger partial charge in [0.2, 0.25) is 5.91 Å². The number of rotatable bonds is 2. The first kappa shape index (κ1) is 16.7. The molecule has 0 radical (unpaired) electrons. The van der Waals surface area contributed by atoms with Crippen LogP contribution in [0.5, 0.6) is 11.5 Å². The number of ether oxygens (including phenoxy) is 2. The zero-order valence-corrected chi connectivity index (χ0v) is 14.7. The van der Waals surface area contributed by atoms with Gasteiger partial charge in [0.05, 0.1) is 14.2 Å². The van der Waals surface area contributed by atoms with Crippen molar-refractivity contribution in [2.75, 3.05) is 14.2 Å². The maximum Gasteiger partial charge on any atom is 0.228 e. The molecular weight excluding hydrogens is 278 g/mol. The van der Waals surface area contributed by atoms with Crippen molar-refractivity contribution in [2.45, 2.75) is 53.1 Å². The van der Waals surface area contributed by atoms with Crippen molar-refractivity contribution in [3.8, 4) is 11.5 Å². The molecule has 2 rings (SSSR count). The number of carbonyl (C=O) groups excluding carboxylic acids is 1. The van der Waals surface area contributed by atoms with Gasteiger partial charge in [-0.2, -0.15) is 0 Å². The highest BCUT2D eigenvalue weighted by molar-refractivity contribution is 5.82. The first-order chi connectivity index (χ1) is 10.1. The minimum absolute atomic E-state index is 0.179. The maximum absolute atomic E-state index is 12.8. The fourth-order valence-electron chi connectivity index (χ4n) is 2.97. The van der Waals surface area contributed by atoms with Gasteiger partial charge < -0.3 is 14.4 Å². The summed E-state index contributed by atoms with van der Waals surface area (Å²) in [4.78, 5) is 14.8. The fraction of sp³-hybridized carbons (Fsp3) is 0.611. The van der Waals surface area contributed by atoms with E-state index in [0.717, 1.165) is 17.7 Å². The van der Waals surface area contributed by atoms with Gasteiger partial charge >= 0.3 is 0 Å². The van der Waals surface area contributed by atoms with E-state index in [1.807, 2.05) is 37.8 Å². The molecule has 0 N–H and O–H groups in total. The van der Waals surface area contributed by atoms with Gasteiger partial charge in [0, 0.05) is 17.5 Å². The topological polar surface area (TPSA) is 38.8 Å². The van der Waals surface area contributed by atoms with Crippen LogP contribution in [0.15, 0.2) is 12.1 Å². The molecule has 122 valence electrons. The van der Waals surface area contributed by atoms with Crippen molar-refractivity contribution in [3.05, 3.63) is 23.3 Å². The molecule has 0 fully saturated rings. The Morgan fingerprint density at radius 2 is 1.59 bits per heavy atom. The Hall–Kier alpha value is -1.71. The first-order valence-corrected chi connectivity index (χ1v) is 7.66. The van der Waals surface area contributed by atoms with Crippen LogP contribution in [0.2, 0.25) is 0 Å². The van der Waals surface area contributed by atoms with Crippen LogP contribution in [0.25, 0.3) is 0 Å². The van der Waals surface area contributed by atoms with E-state index in [9.17, 15) is 4.79 Å². The highest BCUT2D eigenvalue weighted by Gasteiger charge is 2.40. The van der Waals surface area contributed by atoms with Crippen LogP contribution < -0.4 is 9.47 Å². The molecule has 0 saturated carbocycles. The number of carbonyl (C=O) groups is 1. The molecule has 0 bridgehead atoms. The molecule has 1 aromatic carbocycles. The molecule has 0 spiro atoms. The van der Waals surface area contributed by atoms with Gasteiger partial charge in [0.15, 0.2) is 11.5 Å². The SMILES string of the molecule is COc1cc2c(cc1OC)CC(C)(C)N(C(=O)C(C)(C)C)C2. The van der Waals surface area contributed by atoms with Crippen LogP contribution in [-0.2, 0) is 17.8 Å². The van der Waals surface area contributed by atoms with Crippen LogP contribution in [0.3, 0.4) is 0 Å². The Kier molecular flexibility index (Phi) is 4.16. The Labute approximate surface area is 133 Å². The lowest BCUT2D eigenvalue weighted by atomic mass is 9.82. The average Bonchev–Trinajstić information content (AvgIpc) is 2.42. The largest absolute Gasteiger partial charge is 0.493 e. The average molecular weight is 305 g/mol. The van der Waals surface area contributed by atoms with Crippen molar-refractivity contribution < 1.29 is 14.3 Å². The molecule has 0 aromatic heterocycles. The highest BCUT2D eigenvalue weighted by Crippen LogP contribution is 2.39. The Bertz CT molecular complexity index is 585. The highest BCUT2D eigenvalue weighted by atomic mass is 16.5. The summed E-state index contributed by atoms with van der Waals surface area (Å²) in [5.41, 5.74) is 1.76. The lowest BCUT2D eigenvalue weighted by molar-refractivity contribution is -0.146. The van der Waals surface area contributed by atoms with E-state index in [2.05, 4.69) is 13.8 Å². The van der Waals surface area contributed by atoms with Crippen molar-refractivity contribution in [3.63, 3.8) is 0 Å². The standard InChI is InChI=1S/C18H27NO3/c1-17(2,3)16(20)19-11-13-9-15(22-7)14(21-6)8-12(13)10-18(19,4)5/h8-9H,10-11H2,1-7H3. The smallest absolute Gasteiger partial charge is 0.228 e. The molecule has 1 aliphatic rings. The number of hydrogen-bond donors (Lipinski definition) is 0. The van der Waals surface area contributed by atoms with Crippen LogP contribution in [0.1, 0.15) is 45.7 Å². The zero-order valence-electron chi connectivity index (χ0n) is 14.7. The number of nitrogens with zero attached hydrogens (tertiary/aromatic N) is 1. The molecule has 1 heterocycles. The molecule has 1 amide bonds. The van der Waals surface area contributed by atoms with E-state index in [0.29, 0.717) is 12.3 Å². The molecule has 0 aliphatic carbocycles. The molecule has 0 atom stereocenters. The number of fused-ring (bicyclic) bond motifs is 1. The molecule has 22 heavy (non-hydrogen) atoms. The summed E-state index contributed by atoms with van der Waals surface area (Å²) in [6, 6.07) is 4.03. The third-order valence-electron chi connectivity index (χ3n) is 4.27. The van der Waals surface area contributed by atoms with E-state index in [1.165, 1.54) is 5.56 Å². The van der Waals surface area contributed by atoms with E-state index < -0.39 is 0 Å². The number of methoxy groups -OCH3 is 2. The van der Waals surface area contributed by atoms with E-state index >= 15 is 0 Å². The number of hydrogen-bond acceptors (Lipinski definition) is 3. The minimum Gasteiger partial charge on any atom is -0.493 e. The Balaban J connectivity index is 2.45. The molecule has 4 nitrogen and oxygen atoms in total. The lowest BCUT2D eigenvalue weighted by Gasteiger charge is -2.46. The number of benzene rings is 1. The molecule has 1 aromatic rings. The molecule has 0 unspecified atom stereocenters. The van der Waals surface area contributed by atoms with Gasteiger partial charge in [-0.25, -0.2) is 0 Å². The second-order valence-electron chi connectivity index (χ2n) is 7.61. The maximum atomic E-state index is 12.8. The van der Waals surface area contributed by atoms with Gasteiger partial charge in [-0.1, -0.05) is 20.8 Å². The molecule has 1 aliphatic heterocycles. The summed E-state index contributed by atoms with van der Waals surface area (Å²) in [7, 11) is 3.28. The van der Waals surface area contributed by atoms with Crippen LogP contribution in [0.4, 0.5) is 0 Å². The summed E-state index contributed by atoms with van der Waals surface area (Å²) >= 11 is 0. The second kappa shape index (κ2) is 5.49. The first-order valence-electron chi connectivity index (χ1n) is 7.66. The fourth-order valence-corrected chi connectivity index (χ4v) is 2.97. The summed E-state index contributed by atoms with van der Waals surface area (Å²) in [5, 5.41) is 0. The summed E-state index contributed by atoms with van der Waals surface area (Å²) in [5.74, 6) is 1.63. The predicted molar refractivity (Wildman–Crippen MR) is 87.3 cm³/mol. The predicted octanol–water partition coefficient (Wildman–Crippen LogP) is 3.41. The van der Waals surface area contributed by atoms with E-state index in [4.69, 9.17) is 9.47 Å². The van der Waals surface area contributed by atoms with Crippen LogP contribution in [0, 0.1) is 5.41 Å². The van der Waals surface area contributed by atoms with Gasteiger partial charge in [-0.05, 0) is 43.5 Å². The van der Waals surface area contributed by atoms with Crippen molar-refractivity contribution >= 4 is 5.91 Å².